The largest absolute Gasteiger partial charge is 0.396 e. The minimum absolute atomic E-state index is 0.120. The number of hydrogen-bond donors (Lipinski definition) is 1. The number of fused-ring (bicyclic) bond motifs is 1. The lowest BCUT2D eigenvalue weighted by atomic mass is 9.95. The summed E-state index contributed by atoms with van der Waals surface area (Å²) in [4.78, 5) is 0. The summed E-state index contributed by atoms with van der Waals surface area (Å²) >= 11 is 3.19. The highest BCUT2D eigenvalue weighted by molar-refractivity contribution is 9.10. The van der Waals surface area contributed by atoms with Gasteiger partial charge in [0.1, 0.15) is 5.82 Å². The van der Waals surface area contributed by atoms with Crippen LogP contribution in [0.15, 0.2) is 28.9 Å². The molecule has 92 valence electrons. The minimum Gasteiger partial charge on any atom is -0.396 e. The zero-order valence-electron chi connectivity index (χ0n) is 9.87. The van der Waals surface area contributed by atoms with Crippen molar-refractivity contribution >= 4 is 26.8 Å². The van der Waals surface area contributed by atoms with Crippen LogP contribution < -0.4 is 0 Å². The van der Waals surface area contributed by atoms with E-state index < -0.39 is 0 Å². The van der Waals surface area contributed by atoms with Crippen LogP contribution in [0.25, 0.3) is 10.9 Å². The van der Waals surface area contributed by atoms with Crippen molar-refractivity contribution in [2.75, 3.05) is 6.61 Å². The predicted molar refractivity (Wildman–Crippen MR) is 70.5 cm³/mol. The zero-order valence-corrected chi connectivity index (χ0v) is 11.5. The molecule has 1 aromatic heterocycles. The highest BCUT2D eigenvalue weighted by Gasteiger charge is 2.18. The van der Waals surface area contributed by atoms with Crippen molar-refractivity contribution in [2.24, 2.45) is 5.41 Å². The van der Waals surface area contributed by atoms with Crippen molar-refractivity contribution in [1.82, 2.24) is 4.57 Å². The predicted octanol–water partition coefficient (Wildman–Crippen LogP) is 3.56. The van der Waals surface area contributed by atoms with Gasteiger partial charge in [-0.2, -0.15) is 0 Å². The van der Waals surface area contributed by atoms with Gasteiger partial charge in [-0.25, -0.2) is 4.39 Å². The monoisotopic (exact) mass is 299 g/mol. The van der Waals surface area contributed by atoms with Crippen LogP contribution in [0.2, 0.25) is 0 Å². The Morgan fingerprint density at radius 3 is 2.76 bits per heavy atom. The van der Waals surface area contributed by atoms with E-state index >= 15 is 0 Å². The van der Waals surface area contributed by atoms with Crippen molar-refractivity contribution in [3.63, 3.8) is 0 Å². The molecule has 1 heterocycles. The Balaban J connectivity index is 2.46. The van der Waals surface area contributed by atoms with Gasteiger partial charge in [0.2, 0.25) is 0 Å². The molecule has 0 aliphatic carbocycles. The fourth-order valence-electron chi connectivity index (χ4n) is 1.83. The lowest BCUT2D eigenvalue weighted by Crippen LogP contribution is -2.23. The van der Waals surface area contributed by atoms with Crippen LogP contribution in [-0.4, -0.2) is 16.3 Å². The molecule has 0 amide bonds. The Morgan fingerprint density at radius 1 is 1.41 bits per heavy atom. The summed E-state index contributed by atoms with van der Waals surface area (Å²) in [5.74, 6) is -0.253. The molecule has 0 unspecified atom stereocenters. The third kappa shape index (κ3) is 2.53. The van der Waals surface area contributed by atoms with E-state index in [-0.39, 0.29) is 17.8 Å². The molecule has 2 nitrogen and oxygen atoms in total. The highest BCUT2D eigenvalue weighted by atomic mass is 79.9. The number of aliphatic hydroxyl groups excluding tert-OH is 1. The second-order valence-corrected chi connectivity index (χ2v) is 5.95. The number of aliphatic hydroxyl groups is 1. The standard InChI is InChI=1S/C13H15BrFNO/c1-13(2,8-17)7-16-4-3-9-5-11(15)10(14)6-12(9)16/h3-6,17H,7-8H2,1-2H3. The Labute approximate surface area is 108 Å². The summed E-state index contributed by atoms with van der Waals surface area (Å²) in [6, 6.07) is 5.18. The molecule has 2 rings (SSSR count). The molecule has 1 aromatic carbocycles. The Kier molecular flexibility index (Phi) is 3.27. The van der Waals surface area contributed by atoms with Crippen LogP contribution in [0, 0.1) is 11.2 Å². The van der Waals surface area contributed by atoms with Crippen LogP contribution in [-0.2, 0) is 6.54 Å². The van der Waals surface area contributed by atoms with Crippen molar-refractivity contribution in [3.8, 4) is 0 Å². The van der Waals surface area contributed by atoms with Gasteiger partial charge in [0.25, 0.3) is 0 Å². The van der Waals surface area contributed by atoms with E-state index in [2.05, 4.69) is 15.9 Å². The fraction of sp³-hybridized carbons (Fsp3) is 0.385. The van der Waals surface area contributed by atoms with Gasteiger partial charge >= 0.3 is 0 Å². The second-order valence-electron chi connectivity index (χ2n) is 5.09. The van der Waals surface area contributed by atoms with E-state index in [0.717, 1.165) is 10.9 Å². The third-order valence-corrected chi connectivity index (χ3v) is 3.45. The van der Waals surface area contributed by atoms with Crippen LogP contribution in [0.4, 0.5) is 4.39 Å². The average molecular weight is 300 g/mol. The molecule has 0 saturated heterocycles. The molecular formula is C13H15BrFNO. The summed E-state index contributed by atoms with van der Waals surface area (Å²) in [6.07, 6.45) is 1.92. The molecule has 0 spiro atoms. The molecule has 4 heteroatoms. The fourth-order valence-corrected chi connectivity index (χ4v) is 2.16. The van der Waals surface area contributed by atoms with Gasteiger partial charge in [-0.05, 0) is 34.1 Å². The average Bonchev–Trinajstić information content (AvgIpc) is 2.62. The number of benzene rings is 1. The van der Waals surface area contributed by atoms with Gasteiger partial charge in [0.15, 0.2) is 0 Å². The summed E-state index contributed by atoms with van der Waals surface area (Å²) in [5.41, 5.74) is 0.784. The molecule has 2 aromatic rings. The maximum absolute atomic E-state index is 13.4. The molecule has 17 heavy (non-hydrogen) atoms. The molecule has 0 aliphatic heterocycles. The van der Waals surface area contributed by atoms with E-state index in [9.17, 15) is 9.50 Å². The van der Waals surface area contributed by atoms with Gasteiger partial charge in [0.05, 0.1) is 4.47 Å². The van der Waals surface area contributed by atoms with Crippen molar-refractivity contribution in [2.45, 2.75) is 20.4 Å². The highest BCUT2D eigenvalue weighted by Crippen LogP contribution is 2.26. The van der Waals surface area contributed by atoms with Crippen LogP contribution in [0.5, 0.6) is 0 Å². The maximum atomic E-state index is 13.4. The number of halogens is 2. The number of hydrogen-bond acceptors (Lipinski definition) is 1. The number of nitrogens with zero attached hydrogens (tertiary/aromatic N) is 1. The van der Waals surface area contributed by atoms with Crippen LogP contribution in [0.1, 0.15) is 13.8 Å². The topological polar surface area (TPSA) is 25.2 Å². The van der Waals surface area contributed by atoms with E-state index in [1.165, 1.54) is 6.07 Å². The van der Waals surface area contributed by atoms with E-state index in [4.69, 9.17) is 0 Å². The maximum Gasteiger partial charge on any atom is 0.138 e. The van der Waals surface area contributed by atoms with E-state index in [0.29, 0.717) is 11.0 Å². The first-order chi connectivity index (χ1) is 7.93. The van der Waals surface area contributed by atoms with Crippen molar-refractivity contribution < 1.29 is 9.50 Å². The lowest BCUT2D eigenvalue weighted by molar-refractivity contribution is 0.142. The molecule has 0 radical (unpaired) electrons. The molecule has 1 N–H and O–H groups in total. The van der Waals surface area contributed by atoms with Gasteiger partial charge in [-0.15, -0.1) is 0 Å². The van der Waals surface area contributed by atoms with E-state index in [1.807, 2.05) is 30.7 Å². The van der Waals surface area contributed by atoms with Crippen molar-refractivity contribution in [3.05, 3.63) is 34.7 Å². The lowest BCUT2D eigenvalue weighted by Gasteiger charge is -2.22. The van der Waals surface area contributed by atoms with E-state index in [1.54, 1.807) is 6.07 Å². The molecule has 0 aliphatic rings. The Hall–Kier alpha value is -0.870. The van der Waals surface area contributed by atoms with Crippen LogP contribution in [0.3, 0.4) is 0 Å². The summed E-state index contributed by atoms with van der Waals surface area (Å²) in [5, 5.41) is 10.2. The first-order valence-electron chi connectivity index (χ1n) is 5.48. The SMILES string of the molecule is CC(C)(CO)Cn1ccc2cc(F)c(Br)cc21. The zero-order chi connectivity index (χ0) is 12.6. The molecule has 0 saturated carbocycles. The van der Waals surface area contributed by atoms with Gasteiger partial charge < -0.3 is 9.67 Å². The molecular weight excluding hydrogens is 285 g/mol. The first-order valence-corrected chi connectivity index (χ1v) is 6.27. The molecule has 0 atom stereocenters. The molecule has 0 bridgehead atoms. The van der Waals surface area contributed by atoms with Gasteiger partial charge in [-0.3, -0.25) is 0 Å². The number of rotatable bonds is 3. The normalized spacial score (nSPS) is 12.3. The smallest absolute Gasteiger partial charge is 0.138 e. The van der Waals surface area contributed by atoms with Crippen LogP contribution >= 0.6 is 15.9 Å². The van der Waals surface area contributed by atoms with Gasteiger partial charge in [-0.1, -0.05) is 13.8 Å². The third-order valence-electron chi connectivity index (χ3n) is 2.84. The van der Waals surface area contributed by atoms with Gasteiger partial charge in [0, 0.05) is 35.7 Å². The Morgan fingerprint density at radius 2 is 2.12 bits per heavy atom. The summed E-state index contributed by atoms with van der Waals surface area (Å²) < 4.78 is 15.9. The Bertz CT molecular complexity index is 548. The van der Waals surface area contributed by atoms with Crippen molar-refractivity contribution in [1.29, 1.82) is 0 Å². The summed E-state index contributed by atoms with van der Waals surface area (Å²) in [7, 11) is 0. The molecule has 0 fully saturated rings. The second kappa shape index (κ2) is 4.42. The first kappa shape index (κ1) is 12.6. The number of aromatic nitrogens is 1. The minimum atomic E-state index is -0.253. The summed E-state index contributed by atoms with van der Waals surface area (Å²) in [6.45, 7) is 4.81. The quantitative estimate of drug-likeness (QED) is 0.921.